The molecule has 0 saturated carbocycles. The number of ether oxygens (including phenoxy) is 2. The number of carbonyl (C=O) groups is 1. The summed E-state index contributed by atoms with van der Waals surface area (Å²) in [5.74, 6) is -0.0810. The average molecular weight is 341 g/mol. The third-order valence-electron chi connectivity index (χ3n) is 2.84. The van der Waals surface area contributed by atoms with E-state index in [1.807, 2.05) is 0 Å². The van der Waals surface area contributed by atoms with Crippen LogP contribution in [0.3, 0.4) is 0 Å². The molecule has 0 aliphatic carbocycles. The number of nitrogens with one attached hydrogen (secondary N) is 1. The van der Waals surface area contributed by atoms with E-state index in [4.69, 9.17) is 10.5 Å². The van der Waals surface area contributed by atoms with Crippen LogP contribution in [-0.2, 0) is 15.7 Å². The number of carbonyl (C=O) groups excluding carboxylic acids is 1. The van der Waals surface area contributed by atoms with Crippen molar-refractivity contribution in [2.45, 2.75) is 6.18 Å². The number of methoxy groups -OCH3 is 1. The van der Waals surface area contributed by atoms with Crippen molar-refractivity contribution < 1.29 is 27.4 Å². The second-order valence-electron chi connectivity index (χ2n) is 4.71. The molecule has 0 aliphatic heterocycles. The van der Waals surface area contributed by atoms with Gasteiger partial charge in [-0.3, -0.25) is 4.79 Å². The summed E-state index contributed by atoms with van der Waals surface area (Å²) in [6.45, 7) is -0.153. The minimum Gasteiger partial charge on any atom is -0.457 e. The summed E-state index contributed by atoms with van der Waals surface area (Å²) in [6.07, 6.45) is -3.24. The van der Waals surface area contributed by atoms with Crippen LogP contribution >= 0.6 is 0 Å². The highest BCUT2D eigenvalue weighted by molar-refractivity contribution is 5.90. The van der Waals surface area contributed by atoms with Crippen LogP contribution in [-0.4, -0.2) is 24.6 Å². The fraction of sp³-hybridized carbons (Fsp3) is 0.200. The normalized spacial score (nSPS) is 11.2. The van der Waals surface area contributed by atoms with Gasteiger partial charge in [-0.2, -0.15) is 13.2 Å². The second-order valence-corrected chi connectivity index (χ2v) is 4.71. The molecule has 0 saturated heterocycles. The first-order chi connectivity index (χ1) is 11.3. The van der Waals surface area contributed by atoms with E-state index < -0.39 is 23.3 Å². The number of nitrogens with two attached hydrogens (primary N) is 1. The maximum Gasteiger partial charge on any atom is 0.418 e. The molecular formula is C15H14F3N3O3. The monoisotopic (exact) mass is 341 g/mol. The molecule has 9 heteroatoms. The van der Waals surface area contributed by atoms with E-state index in [0.717, 1.165) is 12.1 Å². The second kappa shape index (κ2) is 7.18. The minimum atomic E-state index is -4.58. The third kappa shape index (κ3) is 4.59. The van der Waals surface area contributed by atoms with E-state index in [1.165, 1.54) is 31.5 Å². The molecule has 1 aromatic carbocycles. The molecule has 0 spiro atoms. The molecule has 128 valence electrons. The van der Waals surface area contributed by atoms with E-state index in [1.54, 1.807) is 0 Å². The van der Waals surface area contributed by atoms with Crippen molar-refractivity contribution in [2.24, 2.45) is 0 Å². The molecule has 24 heavy (non-hydrogen) atoms. The van der Waals surface area contributed by atoms with Gasteiger partial charge in [-0.1, -0.05) is 0 Å². The Bertz CT molecular complexity index is 735. The molecule has 0 bridgehead atoms. The molecule has 2 rings (SSSR count). The fourth-order valence-corrected chi connectivity index (χ4v) is 1.83. The van der Waals surface area contributed by atoms with E-state index in [-0.39, 0.29) is 23.9 Å². The highest BCUT2D eigenvalue weighted by Crippen LogP contribution is 2.36. The van der Waals surface area contributed by atoms with Gasteiger partial charge in [0.1, 0.15) is 23.9 Å². The maximum absolute atomic E-state index is 12.8. The minimum absolute atomic E-state index is 0.0445. The highest BCUT2D eigenvalue weighted by Gasteiger charge is 2.33. The summed E-state index contributed by atoms with van der Waals surface area (Å²) in [6, 6.07) is 6.04. The van der Waals surface area contributed by atoms with Gasteiger partial charge in [0, 0.05) is 25.1 Å². The lowest BCUT2D eigenvalue weighted by atomic mass is 10.1. The number of rotatable bonds is 5. The molecule has 0 fully saturated rings. The zero-order chi connectivity index (χ0) is 17.7. The topological polar surface area (TPSA) is 86.5 Å². The van der Waals surface area contributed by atoms with Crippen molar-refractivity contribution in [3.63, 3.8) is 0 Å². The zero-order valence-corrected chi connectivity index (χ0v) is 12.6. The van der Waals surface area contributed by atoms with Crippen LogP contribution in [0.2, 0.25) is 0 Å². The third-order valence-corrected chi connectivity index (χ3v) is 2.84. The molecule has 1 amide bonds. The summed E-state index contributed by atoms with van der Waals surface area (Å²) >= 11 is 0. The maximum atomic E-state index is 12.8. The van der Waals surface area contributed by atoms with Gasteiger partial charge >= 0.3 is 6.18 Å². The molecule has 0 atom stereocenters. The van der Waals surface area contributed by atoms with Crippen LogP contribution in [0.1, 0.15) is 5.56 Å². The van der Waals surface area contributed by atoms with E-state index in [0.29, 0.717) is 0 Å². The number of aromatic nitrogens is 1. The Kier molecular flexibility index (Phi) is 5.24. The van der Waals surface area contributed by atoms with Crippen LogP contribution in [0.15, 0.2) is 36.5 Å². The molecule has 3 N–H and O–H groups in total. The van der Waals surface area contributed by atoms with Crippen molar-refractivity contribution in [1.29, 1.82) is 0 Å². The van der Waals surface area contributed by atoms with Crippen molar-refractivity contribution in [3.05, 3.63) is 42.1 Å². The van der Waals surface area contributed by atoms with E-state index in [9.17, 15) is 18.0 Å². The van der Waals surface area contributed by atoms with Crippen LogP contribution in [0, 0.1) is 0 Å². The summed E-state index contributed by atoms with van der Waals surface area (Å²) in [4.78, 5) is 15.3. The lowest BCUT2D eigenvalue weighted by molar-refractivity contribution is -0.137. The summed E-state index contributed by atoms with van der Waals surface area (Å²) < 4.78 is 48.6. The number of alkyl halides is 3. The highest BCUT2D eigenvalue weighted by atomic mass is 19.4. The number of nitrogen functional groups attached to an aromatic ring is 1. The van der Waals surface area contributed by atoms with Crippen LogP contribution in [0.5, 0.6) is 11.5 Å². The lowest BCUT2D eigenvalue weighted by Gasteiger charge is -2.13. The van der Waals surface area contributed by atoms with Crippen molar-refractivity contribution >= 4 is 17.4 Å². The van der Waals surface area contributed by atoms with Gasteiger partial charge in [0.05, 0.1) is 5.56 Å². The van der Waals surface area contributed by atoms with Crippen molar-refractivity contribution in [3.8, 4) is 11.5 Å². The van der Waals surface area contributed by atoms with E-state index >= 15 is 0 Å². The van der Waals surface area contributed by atoms with Gasteiger partial charge in [-0.15, -0.1) is 0 Å². The predicted octanol–water partition coefficient (Wildman–Crippen LogP) is 3.06. The Balaban J connectivity index is 2.18. The Labute approximate surface area is 135 Å². The molecule has 1 aromatic heterocycles. The zero-order valence-electron chi connectivity index (χ0n) is 12.6. The Morgan fingerprint density at radius 1 is 1.25 bits per heavy atom. The number of anilines is 2. The fourth-order valence-electron chi connectivity index (χ4n) is 1.83. The Hall–Kier alpha value is -2.81. The number of amides is 1. The largest absolute Gasteiger partial charge is 0.457 e. The Morgan fingerprint density at radius 2 is 1.96 bits per heavy atom. The standard InChI is InChI=1S/C15H14F3N3O3/c1-23-8-14(22)21-13-7-10(4-5-20-13)24-9-2-3-12(19)11(6-9)15(16,17)18/h2-7H,8,19H2,1H3,(H,20,21,22). The summed E-state index contributed by atoms with van der Waals surface area (Å²) in [5.41, 5.74) is 3.96. The molecule has 0 aliphatic rings. The van der Waals surface area contributed by atoms with Gasteiger partial charge in [0.25, 0.3) is 5.91 Å². The van der Waals surface area contributed by atoms with Crippen LogP contribution in [0.4, 0.5) is 24.7 Å². The van der Waals surface area contributed by atoms with Crippen molar-refractivity contribution in [1.82, 2.24) is 4.98 Å². The lowest BCUT2D eigenvalue weighted by Crippen LogP contribution is -2.17. The van der Waals surface area contributed by atoms with Crippen LogP contribution < -0.4 is 15.8 Å². The molecule has 6 nitrogen and oxygen atoms in total. The number of hydrogen-bond donors (Lipinski definition) is 2. The van der Waals surface area contributed by atoms with Gasteiger partial charge in [0.15, 0.2) is 0 Å². The van der Waals surface area contributed by atoms with Gasteiger partial charge in [-0.05, 0) is 24.3 Å². The smallest absolute Gasteiger partial charge is 0.418 e. The summed E-state index contributed by atoms with van der Waals surface area (Å²) in [5, 5.41) is 2.46. The number of halogens is 3. The number of benzene rings is 1. The first kappa shape index (κ1) is 17.5. The average Bonchev–Trinajstić information content (AvgIpc) is 2.48. The van der Waals surface area contributed by atoms with Crippen molar-refractivity contribution in [2.75, 3.05) is 24.8 Å². The molecule has 1 heterocycles. The first-order valence-corrected chi connectivity index (χ1v) is 6.69. The first-order valence-electron chi connectivity index (χ1n) is 6.69. The van der Waals surface area contributed by atoms with E-state index in [2.05, 4.69) is 15.0 Å². The molecule has 0 radical (unpaired) electrons. The van der Waals surface area contributed by atoms with Gasteiger partial charge in [0.2, 0.25) is 0 Å². The quantitative estimate of drug-likeness (QED) is 0.816. The van der Waals surface area contributed by atoms with Gasteiger partial charge < -0.3 is 20.5 Å². The predicted molar refractivity (Wildman–Crippen MR) is 80.7 cm³/mol. The SMILES string of the molecule is COCC(=O)Nc1cc(Oc2ccc(N)c(C(F)(F)F)c2)ccn1. The van der Waals surface area contributed by atoms with Gasteiger partial charge in [-0.25, -0.2) is 4.98 Å². The molecule has 2 aromatic rings. The number of hydrogen-bond acceptors (Lipinski definition) is 5. The molecule has 0 unspecified atom stereocenters. The number of nitrogens with zero attached hydrogens (tertiary/aromatic N) is 1. The number of pyridine rings is 1. The van der Waals surface area contributed by atoms with Crippen LogP contribution in [0.25, 0.3) is 0 Å². The Morgan fingerprint density at radius 3 is 2.62 bits per heavy atom. The molecular weight excluding hydrogens is 327 g/mol. The summed E-state index contributed by atoms with van der Waals surface area (Å²) in [7, 11) is 1.37.